The minimum atomic E-state index is -4.26. The zero-order valence-electron chi connectivity index (χ0n) is 12.8. The third kappa shape index (κ3) is 3.35. The van der Waals surface area contributed by atoms with Crippen LogP contribution in [0.5, 0.6) is 11.5 Å². The van der Waals surface area contributed by atoms with E-state index in [-0.39, 0.29) is 11.5 Å². The number of hydrogen-bond acceptors (Lipinski definition) is 2. The lowest BCUT2D eigenvalue weighted by Gasteiger charge is -2.20. The van der Waals surface area contributed by atoms with Gasteiger partial charge in [-0.2, -0.15) is 8.78 Å². The maximum absolute atomic E-state index is 14.3. The Morgan fingerprint density at radius 2 is 1.36 bits per heavy atom. The molecular weight excluding hydrogens is 343 g/mol. The van der Waals surface area contributed by atoms with Crippen molar-refractivity contribution < 1.29 is 31.4 Å². The molecule has 3 aromatic carbocycles. The number of ether oxygens (including phenoxy) is 2. The van der Waals surface area contributed by atoms with Crippen LogP contribution < -0.4 is 9.47 Å². The topological polar surface area (TPSA) is 18.5 Å². The first-order valence-electron chi connectivity index (χ1n) is 7.10. The highest BCUT2D eigenvalue weighted by atomic mass is 19.3. The molecule has 0 radical (unpaired) electrons. The summed E-state index contributed by atoms with van der Waals surface area (Å²) in [6.07, 6.45) is -4.26. The maximum Gasteiger partial charge on any atom is 0.432 e. The molecule has 25 heavy (non-hydrogen) atoms. The van der Waals surface area contributed by atoms with Crippen molar-refractivity contribution >= 4 is 10.8 Å². The molecule has 0 saturated heterocycles. The monoisotopic (exact) mass is 354 g/mol. The molecule has 0 fully saturated rings. The van der Waals surface area contributed by atoms with E-state index in [0.717, 1.165) is 19.2 Å². The molecule has 0 atom stereocenters. The van der Waals surface area contributed by atoms with Crippen LogP contribution in [0, 0.1) is 17.5 Å². The number of hydrogen-bond donors (Lipinski definition) is 0. The van der Waals surface area contributed by atoms with Crippen molar-refractivity contribution in [1.82, 2.24) is 0 Å². The van der Waals surface area contributed by atoms with Gasteiger partial charge >= 0.3 is 6.11 Å². The molecular formula is C18H11F5O2. The van der Waals surface area contributed by atoms with Crippen LogP contribution in [0.15, 0.2) is 48.5 Å². The molecule has 0 bridgehead atoms. The third-order valence-corrected chi connectivity index (χ3v) is 3.56. The van der Waals surface area contributed by atoms with E-state index in [0.29, 0.717) is 22.9 Å². The van der Waals surface area contributed by atoms with E-state index >= 15 is 0 Å². The van der Waals surface area contributed by atoms with E-state index in [4.69, 9.17) is 0 Å². The van der Waals surface area contributed by atoms with Crippen LogP contribution in [-0.4, -0.2) is 7.11 Å². The SMILES string of the molecule is COc1cc(F)c(C(F)(F)Oc2ccc3cc(F)ccc3c2)c(F)c1. The summed E-state index contributed by atoms with van der Waals surface area (Å²) < 4.78 is 78.5. The lowest BCUT2D eigenvalue weighted by molar-refractivity contribution is -0.189. The molecule has 0 saturated carbocycles. The average Bonchev–Trinajstić information content (AvgIpc) is 2.53. The summed E-state index contributed by atoms with van der Waals surface area (Å²) in [4.78, 5) is 0. The summed E-state index contributed by atoms with van der Waals surface area (Å²) in [6, 6.07) is 8.79. The van der Waals surface area contributed by atoms with Gasteiger partial charge in [0.15, 0.2) is 0 Å². The molecule has 3 rings (SSSR count). The molecule has 3 aromatic rings. The Bertz CT molecular complexity index is 917. The second kappa shape index (κ2) is 6.23. The van der Waals surface area contributed by atoms with Crippen LogP contribution in [-0.2, 0) is 6.11 Å². The third-order valence-electron chi connectivity index (χ3n) is 3.56. The second-order valence-electron chi connectivity index (χ2n) is 5.24. The van der Waals surface area contributed by atoms with E-state index in [1.807, 2.05) is 0 Å². The van der Waals surface area contributed by atoms with Crippen molar-refractivity contribution in [3.8, 4) is 11.5 Å². The number of halogens is 5. The van der Waals surface area contributed by atoms with Gasteiger partial charge in [0.2, 0.25) is 0 Å². The Hall–Kier alpha value is -2.83. The smallest absolute Gasteiger partial charge is 0.432 e. The minimum absolute atomic E-state index is 0.234. The number of benzene rings is 3. The predicted octanol–water partition coefficient (Wildman–Crippen LogP) is 5.39. The van der Waals surface area contributed by atoms with Gasteiger partial charge in [-0.15, -0.1) is 0 Å². The fraction of sp³-hybridized carbons (Fsp3) is 0.111. The Balaban J connectivity index is 1.97. The summed E-state index contributed by atoms with van der Waals surface area (Å²) in [5.41, 5.74) is -1.52. The fourth-order valence-corrected chi connectivity index (χ4v) is 2.40. The van der Waals surface area contributed by atoms with Crippen molar-refractivity contribution in [1.29, 1.82) is 0 Å². The van der Waals surface area contributed by atoms with Gasteiger partial charge in [0.1, 0.15) is 34.5 Å². The van der Waals surface area contributed by atoms with E-state index in [2.05, 4.69) is 9.47 Å². The highest BCUT2D eigenvalue weighted by Gasteiger charge is 2.41. The number of rotatable bonds is 4. The van der Waals surface area contributed by atoms with Crippen molar-refractivity contribution in [2.24, 2.45) is 0 Å². The minimum Gasteiger partial charge on any atom is -0.497 e. The normalized spacial score (nSPS) is 11.6. The summed E-state index contributed by atoms with van der Waals surface area (Å²) in [5, 5.41) is 0.905. The van der Waals surface area contributed by atoms with Crippen molar-refractivity contribution in [2.45, 2.75) is 6.11 Å². The summed E-state index contributed by atoms with van der Waals surface area (Å²) in [7, 11) is 1.15. The molecule has 0 spiro atoms. The van der Waals surface area contributed by atoms with Crippen LogP contribution in [0.3, 0.4) is 0 Å². The Labute approximate surface area is 139 Å². The van der Waals surface area contributed by atoms with Gasteiger partial charge in [-0.3, -0.25) is 0 Å². The van der Waals surface area contributed by atoms with Crippen LogP contribution in [0.2, 0.25) is 0 Å². The van der Waals surface area contributed by atoms with Gasteiger partial charge in [0.25, 0.3) is 0 Å². The molecule has 0 aromatic heterocycles. The van der Waals surface area contributed by atoms with Gasteiger partial charge in [-0.05, 0) is 35.0 Å². The van der Waals surface area contributed by atoms with E-state index in [9.17, 15) is 22.0 Å². The zero-order chi connectivity index (χ0) is 18.2. The molecule has 0 aliphatic heterocycles. The molecule has 0 N–H and O–H groups in total. The van der Waals surface area contributed by atoms with Gasteiger partial charge in [0, 0.05) is 12.1 Å². The van der Waals surface area contributed by atoms with Crippen molar-refractivity contribution in [3.05, 3.63) is 71.5 Å². The van der Waals surface area contributed by atoms with Crippen molar-refractivity contribution in [2.75, 3.05) is 7.11 Å². The van der Waals surface area contributed by atoms with Crippen molar-refractivity contribution in [3.63, 3.8) is 0 Å². The molecule has 0 heterocycles. The molecule has 130 valence electrons. The number of fused-ring (bicyclic) bond motifs is 1. The number of methoxy groups -OCH3 is 1. The van der Waals surface area contributed by atoms with E-state index in [1.165, 1.54) is 24.3 Å². The van der Waals surface area contributed by atoms with Crippen LogP contribution in [0.4, 0.5) is 22.0 Å². The number of alkyl halides is 2. The molecule has 7 heteroatoms. The fourth-order valence-electron chi connectivity index (χ4n) is 2.40. The lowest BCUT2D eigenvalue weighted by Crippen LogP contribution is -2.25. The van der Waals surface area contributed by atoms with Crippen LogP contribution in [0.1, 0.15) is 5.56 Å². The van der Waals surface area contributed by atoms with Gasteiger partial charge in [-0.25, -0.2) is 13.2 Å². The Kier molecular flexibility index (Phi) is 4.24. The second-order valence-corrected chi connectivity index (χ2v) is 5.24. The maximum atomic E-state index is 14.3. The Morgan fingerprint density at radius 3 is 2.00 bits per heavy atom. The zero-order valence-corrected chi connectivity index (χ0v) is 12.8. The Morgan fingerprint density at radius 1 is 0.760 bits per heavy atom. The quantitative estimate of drug-likeness (QED) is 0.585. The first-order valence-corrected chi connectivity index (χ1v) is 7.10. The first kappa shape index (κ1) is 17.0. The van der Waals surface area contributed by atoms with E-state index in [1.54, 1.807) is 0 Å². The summed E-state index contributed by atoms with van der Waals surface area (Å²) in [6.45, 7) is 0. The standard InChI is InChI=1S/C18H11F5O2/c1-24-14-8-15(20)17(16(21)9-14)18(22,23)25-13-5-3-10-6-12(19)4-2-11(10)7-13/h2-9H,1H3. The van der Waals surface area contributed by atoms with Gasteiger partial charge in [0.05, 0.1) is 7.11 Å². The summed E-state index contributed by atoms with van der Waals surface area (Å²) >= 11 is 0. The van der Waals surface area contributed by atoms with E-state index < -0.39 is 29.1 Å². The molecule has 0 aliphatic rings. The highest BCUT2D eigenvalue weighted by molar-refractivity contribution is 5.83. The highest BCUT2D eigenvalue weighted by Crippen LogP contribution is 2.37. The molecule has 2 nitrogen and oxygen atoms in total. The largest absolute Gasteiger partial charge is 0.497 e. The van der Waals surface area contributed by atoms with Gasteiger partial charge in [-0.1, -0.05) is 12.1 Å². The molecule has 0 unspecified atom stereocenters. The van der Waals surface area contributed by atoms with Gasteiger partial charge < -0.3 is 9.47 Å². The van der Waals surface area contributed by atoms with Crippen LogP contribution in [0.25, 0.3) is 10.8 Å². The van der Waals surface area contributed by atoms with Crippen LogP contribution >= 0.6 is 0 Å². The first-order chi connectivity index (χ1) is 11.8. The summed E-state index contributed by atoms with van der Waals surface area (Å²) in [5.74, 6) is -4.02. The average molecular weight is 354 g/mol. The predicted molar refractivity (Wildman–Crippen MR) is 81.3 cm³/mol. The molecule has 0 aliphatic carbocycles. The lowest BCUT2D eigenvalue weighted by atomic mass is 10.1. The molecule has 0 amide bonds.